The number of hydrogen-bond donors (Lipinski definition) is 2. The van der Waals surface area contributed by atoms with Crippen molar-refractivity contribution in [2.75, 3.05) is 24.1 Å². The molecule has 0 unspecified atom stereocenters. The molecule has 4 heterocycles. The van der Waals surface area contributed by atoms with Gasteiger partial charge >= 0.3 is 0 Å². The van der Waals surface area contributed by atoms with Gasteiger partial charge in [-0.1, -0.05) is 0 Å². The maximum atomic E-state index is 6.18. The Kier molecular flexibility index (Phi) is 4.85. The van der Waals surface area contributed by atoms with Crippen LogP contribution in [-0.2, 0) is 6.54 Å². The average Bonchev–Trinajstić information content (AvgIpc) is 2.63. The number of anilines is 2. The van der Waals surface area contributed by atoms with Crippen LogP contribution in [0.15, 0.2) is 30.6 Å². The first-order valence-electron chi connectivity index (χ1n) is 9.38. The van der Waals surface area contributed by atoms with Gasteiger partial charge in [-0.15, -0.1) is 0 Å². The number of hydrogen-bond acceptors (Lipinski definition) is 7. The van der Waals surface area contributed by atoms with Crippen molar-refractivity contribution in [3.8, 4) is 0 Å². The van der Waals surface area contributed by atoms with Crippen LogP contribution in [0.3, 0.4) is 0 Å². The van der Waals surface area contributed by atoms with Crippen LogP contribution in [0.4, 0.5) is 11.8 Å². The first-order chi connectivity index (χ1) is 13.1. The van der Waals surface area contributed by atoms with Crippen LogP contribution < -0.4 is 11.1 Å². The Morgan fingerprint density at radius 1 is 1.11 bits per heavy atom. The van der Waals surface area contributed by atoms with Crippen LogP contribution in [0.25, 0.3) is 11.0 Å². The molecule has 0 aliphatic carbocycles. The third-order valence-electron chi connectivity index (χ3n) is 5.10. The Hall–Kier alpha value is -2.80. The highest BCUT2D eigenvalue weighted by Gasteiger charge is 2.20. The summed E-state index contributed by atoms with van der Waals surface area (Å²) in [6.07, 6.45) is 5.80. The molecular weight excluding hydrogens is 338 g/mol. The largest absolute Gasteiger partial charge is 0.383 e. The molecule has 1 fully saturated rings. The van der Waals surface area contributed by atoms with Crippen molar-refractivity contribution in [1.82, 2.24) is 24.8 Å². The smallest absolute Gasteiger partial charge is 0.226 e. The number of nitrogens with one attached hydrogen (secondary N) is 1. The molecule has 1 aliphatic heterocycles. The lowest BCUT2D eigenvalue weighted by molar-refractivity contribution is 0.211. The zero-order valence-corrected chi connectivity index (χ0v) is 15.8. The third-order valence-corrected chi connectivity index (χ3v) is 5.10. The number of pyridine rings is 2. The summed E-state index contributed by atoms with van der Waals surface area (Å²) in [5.74, 6) is 1.06. The van der Waals surface area contributed by atoms with Gasteiger partial charge in [-0.2, -0.15) is 9.97 Å². The number of piperidine rings is 1. The Morgan fingerprint density at radius 2 is 1.85 bits per heavy atom. The zero-order valence-electron chi connectivity index (χ0n) is 15.8. The molecule has 3 aromatic heterocycles. The Bertz CT molecular complexity index is 934. The fourth-order valence-electron chi connectivity index (χ4n) is 3.74. The SMILES string of the molecule is Cc1cc(C)c2c(N)nc(NC3CCN(Cc4ccncc4)CC3)nc2n1. The summed E-state index contributed by atoms with van der Waals surface area (Å²) in [4.78, 5) is 20.1. The highest BCUT2D eigenvalue weighted by molar-refractivity contribution is 5.89. The van der Waals surface area contributed by atoms with Gasteiger partial charge in [-0.3, -0.25) is 9.88 Å². The fraction of sp³-hybridized carbons (Fsp3) is 0.400. The molecule has 7 nitrogen and oxygen atoms in total. The fourth-order valence-corrected chi connectivity index (χ4v) is 3.74. The molecule has 27 heavy (non-hydrogen) atoms. The van der Waals surface area contributed by atoms with E-state index in [0.717, 1.165) is 49.1 Å². The average molecular weight is 363 g/mol. The minimum absolute atomic E-state index is 0.349. The topological polar surface area (TPSA) is 92.8 Å². The van der Waals surface area contributed by atoms with Crippen molar-refractivity contribution in [3.63, 3.8) is 0 Å². The number of fused-ring (bicyclic) bond motifs is 1. The summed E-state index contributed by atoms with van der Waals surface area (Å²) in [7, 11) is 0. The van der Waals surface area contributed by atoms with E-state index in [-0.39, 0.29) is 0 Å². The maximum absolute atomic E-state index is 6.18. The van der Waals surface area contributed by atoms with Crippen LogP contribution in [0.1, 0.15) is 29.7 Å². The molecule has 0 saturated carbocycles. The monoisotopic (exact) mass is 363 g/mol. The summed E-state index contributed by atoms with van der Waals surface area (Å²) in [5, 5.41) is 4.30. The number of aryl methyl sites for hydroxylation is 2. The van der Waals surface area contributed by atoms with Crippen molar-refractivity contribution in [2.45, 2.75) is 39.3 Å². The molecule has 140 valence electrons. The van der Waals surface area contributed by atoms with Gasteiger partial charge in [-0.05, 0) is 56.0 Å². The van der Waals surface area contributed by atoms with Crippen molar-refractivity contribution in [1.29, 1.82) is 0 Å². The minimum Gasteiger partial charge on any atom is -0.383 e. The summed E-state index contributed by atoms with van der Waals surface area (Å²) in [6, 6.07) is 6.51. The molecule has 1 saturated heterocycles. The Morgan fingerprint density at radius 3 is 2.59 bits per heavy atom. The predicted molar refractivity (Wildman–Crippen MR) is 107 cm³/mol. The van der Waals surface area contributed by atoms with Gasteiger partial charge in [0.05, 0.1) is 5.39 Å². The lowest BCUT2D eigenvalue weighted by Gasteiger charge is -2.32. The van der Waals surface area contributed by atoms with Gasteiger partial charge in [0.2, 0.25) is 5.95 Å². The van der Waals surface area contributed by atoms with Crippen LogP contribution in [-0.4, -0.2) is 44.0 Å². The van der Waals surface area contributed by atoms with Crippen LogP contribution >= 0.6 is 0 Å². The molecule has 3 aromatic rings. The van der Waals surface area contributed by atoms with Gasteiger partial charge in [0.25, 0.3) is 0 Å². The van der Waals surface area contributed by atoms with Crippen molar-refractivity contribution in [3.05, 3.63) is 47.4 Å². The number of nitrogens with zero attached hydrogens (tertiary/aromatic N) is 5. The van der Waals surface area contributed by atoms with Crippen molar-refractivity contribution < 1.29 is 0 Å². The van der Waals surface area contributed by atoms with Gasteiger partial charge in [0, 0.05) is 43.8 Å². The molecule has 0 spiro atoms. The summed E-state index contributed by atoms with van der Waals surface area (Å²) >= 11 is 0. The van der Waals surface area contributed by atoms with Gasteiger partial charge in [-0.25, -0.2) is 4.98 Å². The lowest BCUT2D eigenvalue weighted by atomic mass is 10.0. The molecule has 7 heteroatoms. The van der Waals surface area contributed by atoms with Crippen molar-refractivity contribution >= 4 is 22.8 Å². The molecule has 0 amide bonds. The number of aromatic nitrogens is 4. The third kappa shape index (κ3) is 3.98. The van der Waals surface area contributed by atoms with Crippen LogP contribution in [0.2, 0.25) is 0 Å². The molecule has 0 radical (unpaired) electrons. The van der Waals surface area contributed by atoms with Crippen LogP contribution in [0.5, 0.6) is 0 Å². The second-order valence-electron chi connectivity index (χ2n) is 7.26. The summed E-state index contributed by atoms with van der Waals surface area (Å²) in [5.41, 5.74) is 10.1. The number of nitrogen functional groups attached to an aromatic ring is 1. The quantitative estimate of drug-likeness (QED) is 0.736. The number of rotatable bonds is 4. The number of nitrogens with two attached hydrogens (primary N) is 1. The van der Waals surface area contributed by atoms with E-state index in [1.54, 1.807) is 0 Å². The van der Waals surface area contributed by atoms with E-state index in [2.05, 4.69) is 42.3 Å². The maximum Gasteiger partial charge on any atom is 0.226 e. The van der Waals surface area contributed by atoms with Gasteiger partial charge < -0.3 is 11.1 Å². The van der Waals surface area contributed by atoms with Crippen molar-refractivity contribution in [2.24, 2.45) is 0 Å². The lowest BCUT2D eigenvalue weighted by Crippen LogP contribution is -2.39. The zero-order chi connectivity index (χ0) is 18.8. The van der Waals surface area contributed by atoms with Crippen LogP contribution in [0, 0.1) is 13.8 Å². The van der Waals surface area contributed by atoms with E-state index >= 15 is 0 Å². The molecule has 1 aliphatic rings. The Labute approximate surface area is 159 Å². The molecule has 0 aromatic carbocycles. The van der Waals surface area contributed by atoms with E-state index in [9.17, 15) is 0 Å². The standard InChI is InChI=1S/C20H25N7/c1-13-11-14(2)23-19-17(13)18(21)25-20(26-19)24-16-5-9-27(10-6-16)12-15-3-7-22-8-4-15/h3-4,7-8,11,16H,5-6,9-10,12H2,1-2H3,(H3,21,23,24,25,26). The summed E-state index contributed by atoms with van der Waals surface area (Å²) in [6.45, 7) is 7.04. The molecule has 4 rings (SSSR count). The normalized spacial score (nSPS) is 15.9. The van der Waals surface area contributed by atoms with E-state index in [1.165, 1.54) is 5.56 Å². The second kappa shape index (κ2) is 7.44. The minimum atomic E-state index is 0.349. The molecular formula is C20H25N7. The van der Waals surface area contributed by atoms with E-state index < -0.39 is 0 Å². The predicted octanol–water partition coefficient (Wildman–Crippen LogP) is 2.70. The highest BCUT2D eigenvalue weighted by Crippen LogP contribution is 2.24. The second-order valence-corrected chi connectivity index (χ2v) is 7.26. The molecule has 0 bridgehead atoms. The number of likely N-dealkylation sites (tertiary alicyclic amines) is 1. The Balaban J connectivity index is 1.42. The summed E-state index contributed by atoms with van der Waals surface area (Å²) < 4.78 is 0. The molecule has 3 N–H and O–H groups in total. The van der Waals surface area contributed by atoms with Gasteiger partial charge in [0.15, 0.2) is 5.65 Å². The first kappa shape index (κ1) is 17.6. The molecule has 0 atom stereocenters. The van der Waals surface area contributed by atoms with Gasteiger partial charge in [0.1, 0.15) is 5.82 Å². The van der Waals surface area contributed by atoms with E-state index in [4.69, 9.17) is 5.73 Å². The van der Waals surface area contributed by atoms with E-state index in [1.807, 2.05) is 32.3 Å². The van der Waals surface area contributed by atoms with E-state index in [0.29, 0.717) is 23.5 Å². The first-order valence-corrected chi connectivity index (χ1v) is 9.38. The highest BCUT2D eigenvalue weighted by atomic mass is 15.2.